The van der Waals surface area contributed by atoms with Gasteiger partial charge in [0.2, 0.25) is 0 Å². The zero-order chi connectivity index (χ0) is 14.7. The molecule has 0 aliphatic carbocycles. The maximum Gasteiger partial charge on any atom is 0.408 e. The van der Waals surface area contributed by atoms with Gasteiger partial charge in [-0.05, 0) is 52.3 Å². The summed E-state index contributed by atoms with van der Waals surface area (Å²) in [7, 11) is 0. The van der Waals surface area contributed by atoms with Gasteiger partial charge in [0.1, 0.15) is 5.60 Å². The van der Waals surface area contributed by atoms with Gasteiger partial charge in [0, 0.05) is 0 Å². The molecule has 0 atom stereocenters. The van der Waals surface area contributed by atoms with Gasteiger partial charge in [0.05, 0.1) is 17.2 Å². The molecule has 0 saturated carbocycles. The Morgan fingerprint density at radius 2 is 1.68 bits per heavy atom. The van der Waals surface area contributed by atoms with Gasteiger partial charge < -0.3 is 10.1 Å². The highest BCUT2D eigenvalue weighted by Crippen LogP contribution is 2.21. The number of amides is 1. The minimum absolute atomic E-state index is 0.457. The third-order valence-corrected chi connectivity index (χ3v) is 2.55. The summed E-state index contributed by atoms with van der Waals surface area (Å²) >= 11 is 0. The quantitative estimate of drug-likeness (QED) is 0.887. The molecule has 4 nitrogen and oxygen atoms in total. The third-order valence-electron chi connectivity index (χ3n) is 2.55. The van der Waals surface area contributed by atoms with Crippen molar-refractivity contribution in [1.82, 2.24) is 5.32 Å². The molecule has 1 aromatic rings. The number of carbonyl (C=O) groups is 1. The Balaban J connectivity index is 2.80. The topological polar surface area (TPSA) is 62.1 Å². The number of hydrogen-bond acceptors (Lipinski definition) is 3. The molecule has 0 aliphatic rings. The number of nitrogens with one attached hydrogen (secondary N) is 1. The smallest absolute Gasteiger partial charge is 0.408 e. The first-order chi connectivity index (χ1) is 8.64. The average Bonchev–Trinajstić information content (AvgIpc) is 2.25. The molecule has 1 amide bonds. The maximum absolute atomic E-state index is 11.8. The van der Waals surface area contributed by atoms with Crippen LogP contribution in [0.25, 0.3) is 0 Å². The lowest BCUT2D eigenvalue weighted by molar-refractivity contribution is 0.0470. The van der Waals surface area contributed by atoms with Crippen LogP contribution in [0.2, 0.25) is 0 Å². The van der Waals surface area contributed by atoms with E-state index < -0.39 is 17.2 Å². The summed E-state index contributed by atoms with van der Waals surface area (Å²) in [5.41, 5.74) is 0.426. The summed E-state index contributed by atoms with van der Waals surface area (Å²) in [6, 6.07) is 9.18. The van der Waals surface area contributed by atoms with E-state index >= 15 is 0 Å². The van der Waals surface area contributed by atoms with Gasteiger partial charge in [-0.1, -0.05) is 12.1 Å². The first-order valence-corrected chi connectivity index (χ1v) is 6.16. The minimum Gasteiger partial charge on any atom is -0.444 e. The zero-order valence-electron chi connectivity index (χ0n) is 12.1. The van der Waals surface area contributed by atoms with Crippen LogP contribution >= 0.6 is 0 Å². The van der Waals surface area contributed by atoms with Crippen molar-refractivity contribution in [1.29, 1.82) is 5.26 Å². The summed E-state index contributed by atoms with van der Waals surface area (Å²) in [4.78, 5) is 11.8. The standard InChI is InChI=1S/C15H20N2O2/c1-14(2,3)19-13(18)17-15(4,5)12-8-6-11(10-16)7-9-12/h6-9H,1-5H3,(H,17,18). The number of rotatable bonds is 2. The highest BCUT2D eigenvalue weighted by atomic mass is 16.6. The second-order valence-electron chi connectivity index (χ2n) is 5.94. The molecule has 1 N–H and O–H groups in total. The van der Waals surface area contributed by atoms with Crippen molar-refractivity contribution in [2.24, 2.45) is 0 Å². The number of carbonyl (C=O) groups excluding carboxylic acids is 1. The number of alkyl carbamates (subject to hydrolysis) is 1. The molecule has 0 saturated heterocycles. The first-order valence-electron chi connectivity index (χ1n) is 6.16. The Morgan fingerprint density at radius 3 is 2.11 bits per heavy atom. The van der Waals surface area contributed by atoms with Crippen LogP contribution in [0.3, 0.4) is 0 Å². The molecule has 102 valence electrons. The maximum atomic E-state index is 11.8. The van der Waals surface area contributed by atoms with Crippen LogP contribution in [0.15, 0.2) is 24.3 Å². The van der Waals surface area contributed by atoms with Crippen molar-refractivity contribution in [3.63, 3.8) is 0 Å². The van der Waals surface area contributed by atoms with E-state index in [4.69, 9.17) is 10.00 Å². The molecule has 1 rings (SSSR count). The first kappa shape index (κ1) is 15.0. The fourth-order valence-corrected chi connectivity index (χ4v) is 1.59. The SMILES string of the molecule is CC(C)(C)OC(=O)NC(C)(C)c1ccc(C#N)cc1. The van der Waals surface area contributed by atoms with Crippen LogP contribution in [0.5, 0.6) is 0 Å². The molecule has 0 spiro atoms. The van der Waals surface area contributed by atoms with Crippen molar-refractivity contribution in [2.75, 3.05) is 0 Å². The van der Waals surface area contributed by atoms with Gasteiger partial charge in [-0.2, -0.15) is 5.26 Å². The molecule has 0 fully saturated rings. The minimum atomic E-state index is -0.559. The lowest BCUT2D eigenvalue weighted by atomic mass is 9.94. The van der Waals surface area contributed by atoms with Crippen LogP contribution in [0.4, 0.5) is 4.79 Å². The lowest BCUT2D eigenvalue weighted by Crippen LogP contribution is -2.43. The van der Waals surface area contributed by atoms with E-state index in [1.807, 2.05) is 46.8 Å². The monoisotopic (exact) mass is 260 g/mol. The molecule has 1 aromatic carbocycles. The molecule has 0 radical (unpaired) electrons. The molecule has 19 heavy (non-hydrogen) atoms. The molecular weight excluding hydrogens is 240 g/mol. The lowest BCUT2D eigenvalue weighted by Gasteiger charge is -2.29. The van der Waals surface area contributed by atoms with Crippen LogP contribution in [0.1, 0.15) is 45.7 Å². The van der Waals surface area contributed by atoms with Crippen molar-refractivity contribution < 1.29 is 9.53 Å². The molecule has 0 aromatic heterocycles. The van der Waals surface area contributed by atoms with Crippen LogP contribution in [-0.2, 0) is 10.3 Å². The normalized spacial score (nSPS) is 11.6. The average molecular weight is 260 g/mol. The Bertz CT molecular complexity index is 490. The molecule has 0 unspecified atom stereocenters. The highest BCUT2D eigenvalue weighted by Gasteiger charge is 2.26. The van der Waals surface area contributed by atoms with Crippen molar-refractivity contribution in [2.45, 2.75) is 45.8 Å². The summed E-state index contributed by atoms with van der Waals surface area (Å²) in [5, 5.41) is 11.6. The number of nitrogens with zero attached hydrogens (tertiary/aromatic N) is 1. The van der Waals surface area contributed by atoms with Crippen molar-refractivity contribution >= 4 is 6.09 Å². The van der Waals surface area contributed by atoms with Crippen LogP contribution < -0.4 is 5.32 Å². The second-order valence-corrected chi connectivity index (χ2v) is 5.94. The Morgan fingerprint density at radius 1 is 1.16 bits per heavy atom. The summed E-state index contributed by atoms with van der Waals surface area (Å²) in [6.07, 6.45) is -0.457. The van der Waals surface area contributed by atoms with E-state index in [0.717, 1.165) is 5.56 Å². The third kappa shape index (κ3) is 4.63. The molecule has 0 bridgehead atoms. The second kappa shape index (κ2) is 5.31. The fourth-order valence-electron chi connectivity index (χ4n) is 1.59. The largest absolute Gasteiger partial charge is 0.444 e. The van der Waals surface area contributed by atoms with Gasteiger partial charge in [-0.25, -0.2) is 4.79 Å². The van der Waals surface area contributed by atoms with Gasteiger partial charge in [-0.3, -0.25) is 0 Å². The van der Waals surface area contributed by atoms with Gasteiger partial charge in [0.15, 0.2) is 0 Å². The van der Waals surface area contributed by atoms with E-state index in [2.05, 4.69) is 11.4 Å². The molecule has 4 heteroatoms. The summed E-state index contributed by atoms with van der Waals surface area (Å²) in [5.74, 6) is 0. The van der Waals surface area contributed by atoms with E-state index in [0.29, 0.717) is 5.56 Å². The number of benzene rings is 1. The molecule has 0 aliphatic heterocycles. The Hall–Kier alpha value is -2.02. The number of ether oxygens (including phenoxy) is 1. The fraction of sp³-hybridized carbons (Fsp3) is 0.467. The Labute approximate surface area is 114 Å². The van der Waals surface area contributed by atoms with Crippen molar-refractivity contribution in [3.05, 3.63) is 35.4 Å². The van der Waals surface area contributed by atoms with E-state index in [-0.39, 0.29) is 0 Å². The van der Waals surface area contributed by atoms with Crippen LogP contribution in [-0.4, -0.2) is 11.7 Å². The highest BCUT2D eigenvalue weighted by molar-refractivity contribution is 5.69. The van der Waals surface area contributed by atoms with Gasteiger partial charge in [-0.15, -0.1) is 0 Å². The number of nitriles is 1. The van der Waals surface area contributed by atoms with Crippen LogP contribution in [0, 0.1) is 11.3 Å². The van der Waals surface area contributed by atoms with E-state index in [9.17, 15) is 4.79 Å². The van der Waals surface area contributed by atoms with Gasteiger partial charge >= 0.3 is 6.09 Å². The predicted molar refractivity (Wildman–Crippen MR) is 73.6 cm³/mol. The summed E-state index contributed by atoms with van der Waals surface area (Å²) in [6.45, 7) is 9.24. The molecule has 0 heterocycles. The predicted octanol–water partition coefficient (Wildman–Crippen LogP) is 3.32. The van der Waals surface area contributed by atoms with Crippen molar-refractivity contribution in [3.8, 4) is 6.07 Å². The Kier molecular flexibility index (Phi) is 4.21. The molecular formula is C15H20N2O2. The zero-order valence-corrected chi connectivity index (χ0v) is 12.1. The summed E-state index contributed by atoms with van der Waals surface area (Å²) < 4.78 is 5.24. The van der Waals surface area contributed by atoms with E-state index in [1.54, 1.807) is 12.1 Å². The van der Waals surface area contributed by atoms with E-state index in [1.165, 1.54) is 0 Å². The number of hydrogen-bond donors (Lipinski definition) is 1. The van der Waals surface area contributed by atoms with Gasteiger partial charge in [0.25, 0.3) is 0 Å².